The molecule has 0 aromatic heterocycles. The molecule has 0 heterocycles. The maximum atomic E-state index is 14.2. The van der Waals surface area contributed by atoms with Gasteiger partial charge in [-0.3, -0.25) is 4.79 Å². The van der Waals surface area contributed by atoms with Gasteiger partial charge in [-0.25, -0.2) is 21.6 Å². The Morgan fingerprint density at radius 1 is 0.833 bits per heavy atom. The standard InChI is InChI=1S/C27H19F9O5S/c28-18-8-10-19(11-9-18)42(39,40)24(12-15(13-24)23(37)38)16-4-6-17(7-5-16)25(26(31,32)33,27(34,35)36)41-14-20-21(29)2-1-3-22(20)30/h1-11,15H,12-14H2,(H,37,38)/t15-,24-. The van der Waals surface area contributed by atoms with Crippen LogP contribution in [0.3, 0.4) is 0 Å². The van der Waals surface area contributed by atoms with Gasteiger partial charge < -0.3 is 9.84 Å². The largest absolute Gasteiger partial charge is 0.481 e. The third kappa shape index (κ3) is 5.02. The number of hydrogen-bond donors (Lipinski definition) is 1. The minimum Gasteiger partial charge on any atom is -0.481 e. The number of ether oxygens (including phenoxy) is 1. The van der Waals surface area contributed by atoms with E-state index < -0.39 is 97.3 Å². The highest BCUT2D eigenvalue weighted by molar-refractivity contribution is 7.92. The number of alkyl halides is 6. The molecule has 0 unspecified atom stereocenters. The van der Waals surface area contributed by atoms with E-state index in [0.717, 1.165) is 30.3 Å². The normalized spacial score (nSPS) is 19.8. The molecule has 4 rings (SSSR count). The Hall–Kier alpha value is -3.59. The molecule has 0 atom stereocenters. The van der Waals surface area contributed by atoms with Crippen molar-refractivity contribution in [1.29, 1.82) is 0 Å². The molecule has 0 amide bonds. The van der Waals surface area contributed by atoms with Gasteiger partial charge in [0.1, 0.15) is 22.2 Å². The molecule has 5 nitrogen and oxygen atoms in total. The van der Waals surface area contributed by atoms with Gasteiger partial charge in [0.05, 0.1) is 17.4 Å². The Morgan fingerprint density at radius 2 is 1.33 bits per heavy atom. The lowest BCUT2D eigenvalue weighted by Crippen LogP contribution is -2.56. The smallest absolute Gasteiger partial charge is 0.430 e. The number of hydrogen-bond acceptors (Lipinski definition) is 4. The van der Waals surface area contributed by atoms with Crippen molar-refractivity contribution in [3.05, 3.63) is 101 Å². The molecule has 3 aromatic carbocycles. The fraction of sp³-hybridized carbons (Fsp3) is 0.296. The Balaban J connectivity index is 1.82. The quantitative estimate of drug-likeness (QED) is 0.220. The van der Waals surface area contributed by atoms with E-state index in [1.165, 1.54) is 0 Å². The van der Waals surface area contributed by atoms with Crippen molar-refractivity contribution in [2.24, 2.45) is 5.92 Å². The van der Waals surface area contributed by atoms with Crippen LogP contribution in [-0.2, 0) is 36.3 Å². The number of rotatable bonds is 8. The van der Waals surface area contributed by atoms with E-state index in [9.17, 15) is 57.8 Å². The van der Waals surface area contributed by atoms with Gasteiger partial charge in [-0.15, -0.1) is 0 Å². The van der Waals surface area contributed by atoms with Gasteiger partial charge in [-0.05, 0) is 54.8 Å². The predicted octanol–water partition coefficient (Wildman–Crippen LogP) is 6.80. The van der Waals surface area contributed by atoms with Crippen LogP contribution in [0.15, 0.2) is 71.6 Å². The van der Waals surface area contributed by atoms with Crippen molar-refractivity contribution >= 4 is 15.8 Å². The number of carboxylic acids is 1. The van der Waals surface area contributed by atoms with Crippen LogP contribution < -0.4 is 0 Å². The first-order chi connectivity index (χ1) is 19.4. The van der Waals surface area contributed by atoms with Crippen molar-refractivity contribution in [2.75, 3.05) is 0 Å². The molecular formula is C27H19F9O5S. The van der Waals surface area contributed by atoms with E-state index in [0.29, 0.717) is 36.4 Å². The Labute approximate surface area is 232 Å². The molecule has 1 N–H and O–H groups in total. The van der Waals surface area contributed by atoms with Crippen LogP contribution in [0.1, 0.15) is 29.5 Å². The van der Waals surface area contributed by atoms with Gasteiger partial charge in [0.25, 0.3) is 5.60 Å². The summed E-state index contributed by atoms with van der Waals surface area (Å²) in [6.07, 6.45) is -13.6. The third-order valence-electron chi connectivity index (χ3n) is 7.25. The number of halogens is 9. The molecule has 15 heteroatoms. The van der Waals surface area contributed by atoms with Crippen LogP contribution in [0, 0.1) is 23.4 Å². The summed E-state index contributed by atoms with van der Waals surface area (Å²) in [4.78, 5) is 11.0. The summed E-state index contributed by atoms with van der Waals surface area (Å²) in [5, 5.41) is 9.34. The SMILES string of the molecule is O=C(O)[C@H]1C[C@](c2ccc(C(OCc3c(F)cccc3F)(C(F)(F)F)C(F)(F)F)cc2)(S(=O)(=O)c2ccc(F)cc2)C1. The average molecular weight is 626 g/mol. The van der Waals surface area contributed by atoms with Crippen LogP contribution in [0.25, 0.3) is 0 Å². The zero-order chi connectivity index (χ0) is 31.3. The molecule has 226 valence electrons. The van der Waals surface area contributed by atoms with Crippen LogP contribution in [0.2, 0.25) is 0 Å². The number of benzene rings is 3. The topological polar surface area (TPSA) is 80.7 Å². The second-order valence-corrected chi connectivity index (χ2v) is 11.9. The first-order valence-corrected chi connectivity index (χ1v) is 13.4. The second kappa shape index (κ2) is 10.6. The Morgan fingerprint density at radius 3 is 1.79 bits per heavy atom. The molecule has 1 fully saturated rings. The fourth-order valence-electron chi connectivity index (χ4n) is 4.95. The Bertz CT molecular complexity index is 1540. The first-order valence-electron chi connectivity index (χ1n) is 11.9. The number of aliphatic carboxylic acids is 1. The average Bonchev–Trinajstić information content (AvgIpc) is 2.84. The van der Waals surface area contributed by atoms with Crippen LogP contribution in [0.5, 0.6) is 0 Å². The van der Waals surface area contributed by atoms with Gasteiger partial charge in [0, 0.05) is 11.1 Å². The maximum Gasteiger partial charge on any atom is 0.430 e. The third-order valence-corrected chi connectivity index (χ3v) is 9.74. The minimum atomic E-state index is -6.22. The van der Waals surface area contributed by atoms with Gasteiger partial charge in [0.15, 0.2) is 9.84 Å². The summed E-state index contributed by atoms with van der Waals surface area (Å²) in [6.45, 7) is -1.78. The summed E-state index contributed by atoms with van der Waals surface area (Å²) < 4.78 is 156. The molecule has 42 heavy (non-hydrogen) atoms. The van der Waals surface area contributed by atoms with Crippen molar-refractivity contribution in [2.45, 2.75) is 47.0 Å². The number of carboxylic acid groups (broad SMARTS) is 1. The van der Waals surface area contributed by atoms with E-state index in [4.69, 9.17) is 0 Å². The van der Waals surface area contributed by atoms with Crippen LogP contribution in [0.4, 0.5) is 39.5 Å². The molecule has 1 saturated carbocycles. The highest BCUT2D eigenvalue weighted by Gasteiger charge is 2.73. The lowest BCUT2D eigenvalue weighted by molar-refractivity contribution is -0.392. The molecule has 1 aliphatic carbocycles. The lowest BCUT2D eigenvalue weighted by Gasteiger charge is -2.45. The summed E-state index contributed by atoms with van der Waals surface area (Å²) >= 11 is 0. The van der Waals surface area contributed by atoms with Gasteiger partial charge in [-0.1, -0.05) is 30.3 Å². The van der Waals surface area contributed by atoms with Crippen molar-refractivity contribution in [3.63, 3.8) is 0 Å². The zero-order valence-electron chi connectivity index (χ0n) is 20.9. The summed E-state index contributed by atoms with van der Waals surface area (Å²) in [5.74, 6) is -6.28. The molecule has 1 aliphatic rings. The summed E-state index contributed by atoms with van der Waals surface area (Å²) in [5.41, 5.74) is -8.19. The van der Waals surface area contributed by atoms with Gasteiger partial charge in [-0.2, -0.15) is 26.3 Å². The highest BCUT2D eigenvalue weighted by atomic mass is 32.2. The van der Waals surface area contributed by atoms with E-state index in [2.05, 4.69) is 4.74 Å². The van der Waals surface area contributed by atoms with Crippen molar-refractivity contribution in [1.82, 2.24) is 0 Å². The second-order valence-electron chi connectivity index (χ2n) is 9.64. The molecule has 0 aliphatic heterocycles. The van der Waals surface area contributed by atoms with E-state index in [1.807, 2.05) is 0 Å². The molecule has 0 saturated heterocycles. The lowest BCUT2D eigenvalue weighted by atomic mass is 9.70. The summed E-state index contributed by atoms with van der Waals surface area (Å²) in [6, 6.07) is 7.43. The van der Waals surface area contributed by atoms with E-state index in [-0.39, 0.29) is 5.56 Å². The van der Waals surface area contributed by atoms with Crippen molar-refractivity contribution < 1.29 is 62.6 Å². The van der Waals surface area contributed by atoms with Crippen LogP contribution in [-0.4, -0.2) is 31.8 Å². The molecule has 3 aromatic rings. The van der Waals surface area contributed by atoms with Gasteiger partial charge in [0.2, 0.25) is 0 Å². The monoisotopic (exact) mass is 626 g/mol. The van der Waals surface area contributed by atoms with Crippen LogP contribution >= 0.6 is 0 Å². The highest BCUT2D eigenvalue weighted by Crippen LogP contribution is 2.56. The van der Waals surface area contributed by atoms with E-state index >= 15 is 0 Å². The molecule has 0 radical (unpaired) electrons. The molecule has 0 bridgehead atoms. The van der Waals surface area contributed by atoms with E-state index in [1.54, 1.807) is 0 Å². The minimum absolute atomic E-state index is 0.310. The van der Waals surface area contributed by atoms with Gasteiger partial charge >= 0.3 is 18.3 Å². The zero-order valence-corrected chi connectivity index (χ0v) is 21.8. The summed E-state index contributed by atoms with van der Waals surface area (Å²) in [7, 11) is -4.55. The molecule has 0 spiro atoms. The Kier molecular flexibility index (Phi) is 7.91. The number of sulfone groups is 1. The van der Waals surface area contributed by atoms with Crippen molar-refractivity contribution in [3.8, 4) is 0 Å². The predicted molar refractivity (Wildman–Crippen MR) is 127 cm³/mol. The molecular weight excluding hydrogens is 607 g/mol. The first kappa shape index (κ1) is 31.3. The maximum absolute atomic E-state index is 14.2. The fourth-order valence-corrected chi connectivity index (χ4v) is 7.19. The number of carbonyl (C=O) groups is 1.